The zero-order valence-electron chi connectivity index (χ0n) is 21.6. The Morgan fingerprint density at radius 2 is 2.05 bits per heavy atom. The van der Waals surface area contributed by atoms with Crippen LogP contribution < -0.4 is 4.74 Å². The molecule has 1 N–H and O–H groups in total. The Bertz CT molecular complexity index is 1500. The van der Waals surface area contributed by atoms with Crippen molar-refractivity contribution < 1.29 is 14.6 Å². The number of nitrogens with zero attached hydrogens (tertiary/aromatic N) is 7. The number of aryl methyl sites for hydroxylation is 1. The van der Waals surface area contributed by atoms with E-state index in [2.05, 4.69) is 21.2 Å². The van der Waals surface area contributed by atoms with E-state index in [0.29, 0.717) is 28.8 Å². The van der Waals surface area contributed by atoms with Gasteiger partial charge >= 0.3 is 0 Å². The molecule has 4 aromatic rings. The van der Waals surface area contributed by atoms with Crippen molar-refractivity contribution in [2.24, 2.45) is 0 Å². The maximum Gasteiger partial charge on any atom is 0.163 e. The second kappa shape index (κ2) is 10.2. The quantitative estimate of drug-likeness (QED) is 0.417. The molecule has 0 saturated carbocycles. The third-order valence-electron chi connectivity index (χ3n) is 7.47. The van der Waals surface area contributed by atoms with Gasteiger partial charge in [0.25, 0.3) is 0 Å². The van der Waals surface area contributed by atoms with Gasteiger partial charge in [0.2, 0.25) is 0 Å². The molecule has 0 spiro atoms. The van der Waals surface area contributed by atoms with Crippen LogP contribution in [0.15, 0.2) is 42.7 Å². The minimum absolute atomic E-state index is 0.182. The van der Waals surface area contributed by atoms with Gasteiger partial charge in [0, 0.05) is 23.4 Å². The Morgan fingerprint density at radius 3 is 2.79 bits per heavy atom. The fourth-order valence-electron chi connectivity index (χ4n) is 5.28. The molecule has 10 heteroatoms. The van der Waals surface area contributed by atoms with Crippen LogP contribution in [0.3, 0.4) is 0 Å². The predicted molar refractivity (Wildman–Crippen MR) is 140 cm³/mol. The second-order valence-corrected chi connectivity index (χ2v) is 10.1. The zero-order valence-corrected chi connectivity index (χ0v) is 21.6. The first-order valence-corrected chi connectivity index (χ1v) is 13.1. The van der Waals surface area contributed by atoms with Crippen LogP contribution in [0.5, 0.6) is 5.75 Å². The van der Waals surface area contributed by atoms with Gasteiger partial charge in [-0.3, -0.25) is 4.90 Å². The number of nitriles is 1. The highest BCUT2D eigenvalue weighted by Crippen LogP contribution is 2.30. The molecule has 2 unspecified atom stereocenters. The van der Waals surface area contributed by atoms with Crippen molar-refractivity contribution in [3.05, 3.63) is 59.7 Å². The first kappa shape index (κ1) is 24.6. The summed E-state index contributed by atoms with van der Waals surface area (Å²) in [5, 5.41) is 28.6. The molecule has 0 radical (unpaired) electrons. The first-order valence-electron chi connectivity index (χ1n) is 13.1. The lowest BCUT2D eigenvalue weighted by molar-refractivity contribution is -0.0642. The lowest BCUT2D eigenvalue weighted by atomic mass is 10.1. The van der Waals surface area contributed by atoms with Gasteiger partial charge in [-0.25, -0.2) is 14.2 Å². The summed E-state index contributed by atoms with van der Waals surface area (Å²) in [5.74, 6) is 1.29. The number of ether oxygens (including phenoxy) is 2. The van der Waals surface area contributed by atoms with Crippen LogP contribution in [-0.4, -0.2) is 72.8 Å². The van der Waals surface area contributed by atoms with E-state index in [1.165, 1.54) is 0 Å². The van der Waals surface area contributed by atoms with E-state index in [1.54, 1.807) is 23.9 Å². The van der Waals surface area contributed by atoms with Gasteiger partial charge in [-0.05, 0) is 63.9 Å². The molecule has 2 fully saturated rings. The fourth-order valence-corrected chi connectivity index (χ4v) is 5.28. The molecule has 38 heavy (non-hydrogen) atoms. The molecule has 0 bridgehead atoms. The molecule has 6 rings (SSSR count). The number of aliphatic hydroxyl groups excluding tert-OH is 1. The Morgan fingerprint density at radius 1 is 1.18 bits per heavy atom. The largest absolute Gasteiger partial charge is 0.489 e. The van der Waals surface area contributed by atoms with Gasteiger partial charge < -0.3 is 14.6 Å². The molecule has 0 aromatic carbocycles. The number of hydrogen-bond acceptors (Lipinski definition) is 8. The maximum atomic E-state index is 10.4. The normalized spacial score (nSPS) is 19.6. The minimum atomic E-state index is -0.748. The van der Waals surface area contributed by atoms with E-state index >= 15 is 0 Å². The monoisotopic (exact) mass is 513 g/mol. The summed E-state index contributed by atoms with van der Waals surface area (Å²) in [6, 6.07) is 12.1. The molecule has 196 valence electrons. The summed E-state index contributed by atoms with van der Waals surface area (Å²) in [7, 11) is 0. The van der Waals surface area contributed by atoms with Crippen LogP contribution in [0.1, 0.15) is 49.2 Å². The Balaban J connectivity index is 1.26. The molecular weight excluding hydrogens is 482 g/mol. The van der Waals surface area contributed by atoms with Crippen LogP contribution in [-0.2, 0) is 4.74 Å². The van der Waals surface area contributed by atoms with Crippen molar-refractivity contribution in [1.29, 1.82) is 5.26 Å². The maximum absolute atomic E-state index is 10.4. The van der Waals surface area contributed by atoms with Crippen LogP contribution in [0.2, 0.25) is 0 Å². The van der Waals surface area contributed by atoms with E-state index in [-0.39, 0.29) is 6.10 Å². The van der Waals surface area contributed by atoms with Crippen LogP contribution in [0, 0.1) is 18.3 Å². The zero-order chi connectivity index (χ0) is 26.2. The summed E-state index contributed by atoms with van der Waals surface area (Å²) in [6.45, 7) is 7.39. The predicted octanol–water partition coefficient (Wildman–Crippen LogP) is 3.45. The van der Waals surface area contributed by atoms with Gasteiger partial charge in [-0.15, -0.1) is 0 Å². The third-order valence-corrected chi connectivity index (χ3v) is 7.47. The van der Waals surface area contributed by atoms with Gasteiger partial charge in [-0.2, -0.15) is 15.5 Å². The van der Waals surface area contributed by atoms with E-state index in [9.17, 15) is 10.4 Å². The van der Waals surface area contributed by atoms with Crippen molar-refractivity contribution in [3.63, 3.8) is 0 Å². The topological polar surface area (TPSA) is 114 Å². The van der Waals surface area contributed by atoms with Gasteiger partial charge in [-0.1, -0.05) is 6.07 Å². The number of likely N-dealkylation sites (tertiary alicyclic amines) is 1. The summed E-state index contributed by atoms with van der Waals surface area (Å²) in [4.78, 5) is 7.39. The van der Waals surface area contributed by atoms with Gasteiger partial charge in [0.1, 0.15) is 17.9 Å². The van der Waals surface area contributed by atoms with E-state index < -0.39 is 6.10 Å². The van der Waals surface area contributed by atoms with Crippen molar-refractivity contribution in [2.75, 3.05) is 26.3 Å². The fraction of sp³-hybridized carbons (Fsp3) is 0.429. The molecule has 2 aliphatic rings. The Hall–Kier alpha value is -3.78. The molecule has 10 nitrogen and oxygen atoms in total. The summed E-state index contributed by atoms with van der Waals surface area (Å²) < 4.78 is 15.2. The molecule has 0 aliphatic carbocycles. The lowest BCUT2D eigenvalue weighted by Gasteiger charge is -2.36. The van der Waals surface area contributed by atoms with Crippen LogP contribution in [0.4, 0.5) is 0 Å². The van der Waals surface area contributed by atoms with E-state index in [1.807, 2.05) is 41.9 Å². The first-order chi connectivity index (χ1) is 18.5. The number of pyridine rings is 2. The molecule has 2 atom stereocenters. The van der Waals surface area contributed by atoms with Crippen molar-refractivity contribution in [1.82, 2.24) is 29.3 Å². The molecular formula is C28H31N7O3. The number of aromatic nitrogens is 5. The Kier molecular flexibility index (Phi) is 6.57. The number of rotatable bonds is 6. The van der Waals surface area contributed by atoms with Crippen molar-refractivity contribution >= 4 is 5.52 Å². The standard InChI is InChI=1S/C28H31N7O3/c1-18-12-20(13-29)32-35(18)28-24(19(2)36)6-7-26(31-28)25-14-30-34-15-23(5-8-27(25)34)38-22-4-3-10-33(11-9-22)21-16-37-17-21/h5-8,12,14-15,19,21-22,36H,3-4,9-11,16-17H2,1-2H3. The summed E-state index contributed by atoms with van der Waals surface area (Å²) in [5.41, 5.74) is 4.14. The number of fused-ring (bicyclic) bond motifs is 1. The SMILES string of the molecule is Cc1cc(C#N)nn1-c1nc(-c2cnn3cc(OC4CCCN(C5COC5)CC4)ccc23)ccc1C(C)O. The molecule has 0 amide bonds. The van der Waals surface area contributed by atoms with Crippen LogP contribution >= 0.6 is 0 Å². The van der Waals surface area contributed by atoms with Crippen LogP contribution in [0.25, 0.3) is 22.6 Å². The van der Waals surface area contributed by atoms with Crippen molar-refractivity contribution in [3.8, 4) is 28.9 Å². The third kappa shape index (κ3) is 4.65. The van der Waals surface area contributed by atoms with E-state index in [0.717, 1.165) is 68.1 Å². The molecule has 6 heterocycles. The van der Waals surface area contributed by atoms with Gasteiger partial charge in [0.05, 0.1) is 49.0 Å². The van der Waals surface area contributed by atoms with Gasteiger partial charge in [0.15, 0.2) is 11.5 Å². The molecule has 2 aliphatic heterocycles. The lowest BCUT2D eigenvalue weighted by Crippen LogP contribution is -2.49. The number of aliphatic hydroxyl groups is 1. The van der Waals surface area contributed by atoms with Crippen molar-refractivity contribution in [2.45, 2.75) is 51.4 Å². The Labute approximate surface area is 221 Å². The minimum Gasteiger partial charge on any atom is -0.489 e. The summed E-state index contributed by atoms with van der Waals surface area (Å²) >= 11 is 0. The molecule has 4 aromatic heterocycles. The molecule has 2 saturated heterocycles. The average Bonchev–Trinajstić information content (AvgIpc) is 3.40. The highest BCUT2D eigenvalue weighted by Gasteiger charge is 2.28. The smallest absolute Gasteiger partial charge is 0.163 e. The highest BCUT2D eigenvalue weighted by molar-refractivity contribution is 5.78. The summed E-state index contributed by atoms with van der Waals surface area (Å²) in [6.07, 6.45) is 6.30. The average molecular weight is 514 g/mol. The van der Waals surface area contributed by atoms with E-state index in [4.69, 9.17) is 14.5 Å². The second-order valence-electron chi connectivity index (χ2n) is 10.1. The highest BCUT2D eigenvalue weighted by atomic mass is 16.5. The number of hydrogen-bond donors (Lipinski definition) is 1.